The summed E-state index contributed by atoms with van der Waals surface area (Å²) in [6.45, 7) is 8.37. The number of aromatic nitrogens is 1. The molecule has 0 aliphatic heterocycles. The van der Waals surface area contributed by atoms with Crippen molar-refractivity contribution in [2.75, 3.05) is 19.6 Å². The van der Waals surface area contributed by atoms with Crippen LogP contribution < -0.4 is 16.0 Å². The van der Waals surface area contributed by atoms with Gasteiger partial charge >= 0.3 is 0 Å². The first-order valence-corrected chi connectivity index (χ1v) is 9.99. The Morgan fingerprint density at radius 1 is 1.07 bits per heavy atom. The molecule has 28 heavy (non-hydrogen) atoms. The fraction of sp³-hybridized carbons (Fsp3) is 0.450. The summed E-state index contributed by atoms with van der Waals surface area (Å²) in [4.78, 5) is 16.7. The van der Waals surface area contributed by atoms with Gasteiger partial charge in [0.2, 0.25) is 0 Å². The lowest BCUT2D eigenvalue weighted by Crippen LogP contribution is -2.41. The summed E-state index contributed by atoms with van der Waals surface area (Å²) >= 11 is 5.84. The molecule has 0 atom stereocenters. The van der Waals surface area contributed by atoms with Crippen molar-refractivity contribution in [1.82, 2.24) is 21.1 Å². The van der Waals surface area contributed by atoms with Gasteiger partial charge in [-0.25, -0.2) is 4.99 Å². The Balaban J connectivity index is 1.87. The molecule has 2 aromatic rings. The third kappa shape index (κ3) is 6.27. The van der Waals surface area contributed by atoms with Crippen LogP contribution in [0.2, 0.25) is 5.02 Å². The van der Waals surface area contributed by atoms with E-state index in [1.165, 1.54) is 0 Å². The zero-order valence-electron chi connectivity index (χ0n) is 16.6. The van der Waals surface area contributed by atoms with E-state index in [1.807, 2.05) is 13.8 Å². The van der Waals surface area contributed by atoms with Gasteiger partial charge < -0.3 is 20.5 Å². The molecule has 2 rings (SSSR count). The van der Waals surface area contributed by atoms with Gasteiger partial charge in [-0.1, -0.05) is 30.6 Å². The summed E-state index contributed by atoms with van der Waals surface area (Å²) in [7, 11) is 0. The van der Waals surface area contributed by atoms with Crippen LogP contribution in [-0.4, -0.2) is 36.7 Å². The van der Waals surface area contributed by atoms with E-state index in [2.05, 4.69) is 33.0 Å². The Kier molecular flexibility index (Phi) is 8.81. The highest BCUT2D eigenvalue weighted by molar-refractivity contribution is 6.30. The highest BCUT2D eigenvalue weighted by Gasteiger charge is 2.13. The molecule has 1 heterocycles. The van der Waals surface area contributed by atoms with Crippen molar-refractivity contribution in [2.24, 2.45) is 4.99 Å². The Labute approximate surface area is 170 Å². The average molecular weight is 406 g/mol. The fourth-order valence-electron chi connectivity index (χ4n) is 2.68. The molecule has 152 valence electrons. The topological polar surface area (TPSA) is 91.6 Å². The molecule has 0 unspecified atom stereocenters. The molecule has 0 saturated carbocycles. The summed E-state index contributed by atoms with van der Waals surface area (Å²) in [5.41, 5.74) is 2.58. The first-order chi connectivity index (χ1) is 13.6. The molecule has 0 bridgehead atoms. The molecule has 0 radical (unpaired) electrons. The van der Waals surface area contributed by atoms with Crippen molar-refractivity contribution in [2.45, 2.75) is 40.2 Å². The zero-order valence-corrected chi connectivity index (χ0v) is 17.4. The molecule has 0 saturated heterocycles. The monoisotopic (exact) mass is 405 g/mol. The lowest BCUT2D eigenvalue weighted by Gasteiger charge is -2.12. The highest BCUT2D eigenvalue weighted by Crippen LogP contribution is 2.16. The van der Waals surface area contributed by atoms with Crippen LogP contribution in [0, 0.1) is 0 Å². The standard InChI is InChI=1S/C20H28ClN5O2/c1-4-17-16(18(5-2)28-26-17)13-25-20(22-6-3)24-12-11-23-19(27)14-7-9-15(21)10-8-14/h7-10H,4-6,11-13H2,1-3H3,(H,23,27)(H2,22,24,25). The van der Waals surface area contributed by atoms with Crippen molar-refractivity contribution in [3.63, 3.8) is 0 Å². The van der Waals surface area contributed by atoms with Crippen molar-refractivity contribution >= 4 is 23.5 Å². The van der Waals surface area contributed by atoms with Gasteiger partial charge in [0.1, 0.15) is 5.76 Å². The Hall–Kier alpha value is -2.54. The number of halogens is 1. The maximum atomic E-state index is 12.1. The summed E-state index contributed by atoms with van der Waals surface area (Å²) in [5.74, 6) is 1.44. The minimum absolute atomic E-state index is 0.134. The molecule has 1 aromatic carbocycles. The number of rotatable bonds is 9. The second kappa shape index (κ2) is 11.3. The minimum Gasteiger partial charge on any atom is -0.361 e. The van der Waals surface area contributed by atoms with Crippen LogP contribution in [0.25, 0.3) is 0 Å². The Morgan fingerprint density at radius 2 is 1.79 bits per heavy atom. The van der Waals surface area contributed by atoms with Crippen LogP contribution in [0.4, 0.5) is 0 Å². The maximum Gasteiger partial charge on any atom is 0.251 e. The summed E-state index contributed by atoms with van der Waals surface area (Å²) in [5, 5.41) is 14.0. The van der Waals surface area contributed by atoms with Gasteiger partial charge in [-0.2, -0.15) is 0 Å². The van der Waals surface area contributed by atoms with Gasteiger partial charge in [0.05, 0.1) is 12.2 Å². The fourth-order valence-corrected chi connectivity index (χ4v) is 2.80. The van der Waals surface area contributed by atoms with E-state index in [0.717, 1.165) is 36.4 Å². The van der Waals surface area contributed by atoms with Gasteiger partial charge in [0.15, 0.2) is 5.96 Å². The predicted molar refractivity (Wildman–Crippen MR) is 112 cm³/mol. The molecular formula is C20H28ClN5O2. The van der Waals surface area contributed by atoms with Crippen LogP contribution in [0.1, 0.15) is 48.1 Å². The first kappa shape index (κ1) is 21.8. The summed E-state index contributed by atoms with van der Waals surface area (Å²) in [6.07, 6.45) is 1.60. The molecule has 3 N–H and O–H groups in total. The number of nitrogens with one attached hydrogen (secondary N) is 3. The van der Waals surface area contributed by atoms with Crippen molar-refractivity contribution in [3.05, 3.63) is 51.9 Å². The number of amides is 1. The number of carbonyl (C=O) groups excluding carboxylic acids is 1. The lowest BCUT2D eigenvalue weighted by atomic mass is 10.1. The molecule has 1 amide bonds. The van der Waals surface area contributed by atoms with Crippen LogP contribution in [0.15, 0.2) is 33.8 Å². The van der Waals surface area contributed by atoms with Crippen LogP contribution >= 0.6 is 11.6 Å². The third-order valence-corrected chi connectivity index (χ3v) is 4.41. The first-order valence-electron chi connectivity index (χ1n) is 9.61. The predicted octanol–water partition coefficient (Wildman–Crippen LogP) is 2.94. The number of benzene rings is 1. The third-order valence-electron chi connectivity index (χ3n) is 4.16. The second-order valence-corrected chi connectivity index (χ2v) is 6.56. The lowest BCUT2D eigenvalue weighted by molar-refractivity contribution is 0.0954. The average Bonchev–Trinajstić information content (AvgIpc) is 3.11. The van der Waals surface area contributed by atoms with Crippen molar-refractivity contribution in [3.8, 4) is 0 Å². The van der Waals surface area contributed by atoms with E-state index in [1.54, 1.807) is 24.3 Å². The smallest absolute Gasteiger partial charge is 0.251 e. The molecular weight excluding hydrogens is 378 g/mol. The van der Waals surface area contributed by atoms with Crippen LogP contribution in [0.3, 0.4) is 0 Å². The Morgan fingerprint density at radius 3 is 2.43 bits per heavy atom. The summed E-state index contributed by atoms with van der Waals surface area (Å²) in [6, 6.07) is 6.80. The van der Waals surface area contributed by atoms with Crippen LogP contribution in [0.5, 0.6) is 0 Å². The number of nitrogens with zero attached hydrogens (tertiary/aromatic N) is 2. The maximum absolute atomic E-state index is 12.1. The second-order valence-electron chi connectivity index (χ2n) is 6.12. The largest absolute Gasteiger partial charge is 0.361 e. The minimum atomic E-state index is -0.134. The van der Waals surface area contributed by atoms with E-state index in [4.69, 9.17) is 16.1 Å². The van der Waals surface area contributed by atoms with Gasteiger partial charge in [-0.3, -0.25) is 4.79 Å². The Bertz CT molecular complexity index is 765. The van der Waals surface area contributed by atoms with Crippen molar-refractivity contribution in [1.29, 1.82) is 0 Å². The quantitative estimate of drug-likeness (QED) is 0.339. The van der Waals surface area contributed by atoms with E-state index in [-0.39, 0.29) is 5.91 Å². The normalized spacial score (nSPS) is 11.4. The number of hydrogen-bond donors (Lipinski definition) is 3. The number of hydrogen-bond acceptors (Lipinski definition) is 4. The van der Waals surface area contributed by atoms with E-state index in [0.29, 0.717) is 36.2 Å². The van der Waals surface area contributed by atoms with E-state index >= 15 is 0 Å². The summed E-state index contributed by atoms with van der Waals surface area (Å²) < 4.78 is 5.39. The number of aliphatic imine (C=N–C) groups is 1. The SMILES string of the molecule is CCNC(=NCc1c(CC)noc1CC)NCCNC(=O)c1ccc(Cl)cc1. The molecule has 7 nitrogen and oxygen atoms in total. The van der Waals surface area contributed by atoms with Gasteiger partial charge in [-0.05, 0) is 37.6 Å². The zero-order chi connectivity index (χ0) is 20.4. The van der Waals surface area contributed by atoms with E-state index in [9.17, 15) is 4.79 Å². The van der Waals surface area contributed by atoms with Crippen molar-refractivity contribution < 1.29 is 9.32 Å². The number of carbonyl (C=O) groups is 1. The van der Waals surface area contributed by atoms with E-state index < -0.39 is 0 Å². The van der Waals surface area contributed by atoms with Gasteiger partial charge in [0.25, 0.3) is 5.91 Å². The van der Waals surface area contributed by atoms with Gasteiger partial charge in [0, 0.05) is 42.2 Å². The molecule has 0 aliphatic rings. The molecule has 0 aliphatic carbocycles. The van der Waals surface area contributed by atoms with Gasteiger partial charge in [-0.15, -0.1) is 0 Å². The number of aryl methyl sites for hydroxylation is 2. The van der Waals surface area contributed by atoms with Crippen LogP contribution in [-0.2, 0) is 19.4 Å². The molecule has 1 aromatic heterocycles. The molecule has 0 fully saturated rings. The molecule has 0 spiro atoms. The highest BCUT2D eigenvalue weighted by atomic mass is 35.5. The number of guanidine groups is 1. The molecule has 8 heteroatoms.